The summed E-state index contributed by atoms with van der Waals surface area (Å²) in [7, 11) is 1.37. The first-order chi connectivity index (χ1) is 17.1. The van der Waals surface area contributed by atoms with Crippen molar-refractivity contribution in [3.8, 4) is 0 Å². The number of rotatable bonds is 6. The Morgan fingerprint density at radius 3 is 2.36 bits per heavy atom. The molecule has 0 saturated heterocycles. The Kier molecular flexibility index (Phi) is 7.99. The van der Waals surface area contributed by atoms with Crippen LogP contribution in [0.2, 0.25) is 5.02 Å². The van der Waals surface area contributed by atoms with Crippen molar-refractivity contribution in [2.75, 3.05) is 18.6 Å². The van der Waals surface area contributed by atoms with E-state index < -0.39 is 0 Å². The zero-order valence-electron chi connectivity index (χ0n) is 21.6. The van der Waals surface area contributed by atoms with Gasteiger partial charge in [-0.3, -0.25) is 9.69 Å². The fraction of sp³-hybridized carbons (Fsp3) is 0.433. The summed E-state index contributed by atoms with van der Waals surface area (Å²) in [4.78, 5) is 32.2. The molecule has 36 heavy (non-hydrogen) atoms. The number of amides is 1. The van der Waals surface area contributed by atoms with Crippen molar-refractivity contribution >= 4 is 40.1 Å². The Balaban J connectivity index is 1.58. The van der Waals surface area contributed by atoms with Crippen LogP contribution in [0.5, 0.6) is 0 Å². The van der Waals surface area contributed by atoms with Crippen LogP contribution >= 0.6 is 11.6 Å². The van der Waals surface area contributed by atoms with Gasteiger partial charge in [-0.15, -0.1) is 0 Å². The number of hydrogen-bond donors (Lipinski definition) is 0. The molecule has 1 heterocycles. The molecular weight excluding hydrogens is 472 g/mol. The van der Waals surface area contributed by atoms with Crippen molar-refractivity contribution in [3.63, 3.8) is 0 Å². The number of esters is 1. The second-order valence-corrected chi connectivity index (χ2v) is 11.5. The standard InChI is InChI=1S/C30H35ClN2O3/c1-30(2,3)18-27(34)33(19-20-5-7-21(8-6-20)22-9-12-25(31)13-10-22)28-26-14-11-24(29(35)36-4)17-23(26)15-16-32-28/h9-17,20-21H,5-8,18-19H2,1-4H3/t20-,21-. The van der Waals surface area contributed by atoms with Gasteiger partial charge in [0.05, 0.1) is 12.7 Å². The van der Waals surface area contributed by atoms with Crippen LogP contribution in [-0.2, 0) is 9.53 Å². The van der Waals surface area contributed by atoms with Crippen LogP contribution in [0.4, 0.5) is 5.82 Å². The number of halogens is 1. The van der Waals surface area contributed by atoms with E-state index in [9.17, 15) is 9.59 Å². The minimum Gasteiger partial charge on any atom is -0.465 e. The lowest BCUT2D eigenvalue weighted by molar-refractivity contribution is -0.120. The number of benzene rings is 2. The van der Waals surface area contributed by atoms with Crippen LogP contribution in [0.25, 0.3) is 10.8 Å². The van der Waals surface area contributed by atoms with Crippen molar-refractivity contribution in [2.45, 2.75) is 58.8 Å². The third kappa shape index (κ3) is 6.25. The summed E-state index contributed by atoms with van der Waals surface area (Å²) in [6.45, 7) is 6.89. The summed E-state index contributed by atoms with van der Waals surface area (Å²) in [5.74, 6) is 1.30. The van der Waals surface area contributed by atoms with Crippen LogP contribution < -0.4 is 4.90 Å². The fourth-order valence-corrected chi connectivity index (χ4v) is 5.27. The quantitative estimate of drug-likeness (QED) is 0.326. The zero-order chi connectivity index (χ0) is 25.9. The average molecular weight is 507 g/mol. The van der Waals surface area contributed by atoms with Crippen LogP contribution in [0.3, 0.4) is 0 Å². The summed E-state index contributed by atoms with van der Waals surface area (Å²) in [6, 6.07) is 15.5. The Morgan fingerprint density at radius 1 is 1.03 bits per heavy atom. The number of carbonyl (C=O) groups excluding carboxylic acids is 2. The Labute approximate surface area is 218 Å². The van der Waals surface area contributed by atoms with Crippen molar-refractivity contribution in [3.05, 3.63) is 70.9 Å². The molecule has 0 radical (unpaired) electrons. The highest BCUT2D eigenvalue weighted by Crippen LogP contribution is 2.38. The molecule has 1 aliphatic rings. The first kappa shape index (κ1) is 26.2. The van der Waals surface area contributed by atoms with E-state index in [0.717, 1.165) is 41.5 Å². The Hall–Kier alpha value is -2.92. The molecule has 4 rings (SSSR count). The van der Waals surface area contributed by atoms with Crippen LogP contribution in [0.15, 0.2) is 54.7 Å². The highest BCUT2D eigenvalue weighted by atomic mass is 35.5. The van der Waals surface area contributed by atoms with Gasteiger partial charge in [0, 0.05) is 29.6 Å². The van der Waals surface area contributed by atoms with Crippen molar-refractivity contribution < 1.29 is 14.3 Å². The third-order valence-electron chi connectivity index (χ3n) is 7.03. The molecule has 0 bridgehead atoms. The van der Waals surface area contributed by atoms with Gasteiger partial charge in [0.15, 0.2) is 0 Å². The van der Waals surface area contributed by atoms with Gasteiger partial charge < -0.3 is 4.74 Å². The lowest BCUT2D eigenvalue weighted by atomic mass is 9.78. The number of fused-ring (bicyclic) bond motifs is 1. The normalized spacial score (nSPS) is 18.1. The molecule has 2 aromatic carbocycles. The van der Waals surface area contributed by atoms with Crippen molar-refractivity contribution in [1.82, 2.24) is 4.98 Å². The highest BCUT2D eigenvalue weighted by molar-refractivity contribution is 6.30. The van der Waals surface area contributed by atoms with E-state index in [1.165, 1.54) is 12.7 Å². The van der Waals surface area contributed by atoms with Gasteiger partial charge in [-0.05, 0) is 90.3 Å². The summed E-state index contributed by atoms with van der Waals surface area (Å²) in [6.07, 6.45) is 6.46. The number of methoxy groups -OCH3 is 1. The molecule has 0 spiro atoms. The topological polar surface area (TPSA) is 59.5 Å². The van der Waals surface area contributed by atoms with E-state index in [0.29, 0.717) is 36.2 Å². The van der Waals surface area contributed by atoms with Gasteiger partial charge >= 0.3 is 5.97 Å². The van der Waals surface area contributed by atoms with Gasteiger partial charge in [0.2, 0.25) is 5.91 Å². The first-order valence-corrected chi connectivity index (χ1v) is 13.1. The van der Waals surface area contributed by atoms with E-state index in [4.69, 9.17) is 16.3 Å². The molecule has 5 nitrogen and oxygen atoms in total. The van der Waals surface area contributed by atoms with E-state index in [-0.39, 0.29) is 17.3 Å². The molecule has 0 N–H and O–H groups in total. The number of aromatic nitrogens is 1. The maximum Gasteiger partial charge on any atom is 0.337 e. The molecule has 0 aliphatic heterocycles. The average Bonchev–Trinajstić information content (AvgIpc) is 2.86. The molecule has 6 heteroatoms. The third-order valence-corrected chi connectivity index (χ3v) is 7.28. The lowest BCUT2D eigenvalue weighted by Crippen LogP contribution is -2.39. The molecule has 0 unspecified atom stereocenters. The highest BCUT2D eigenvalue weighted by Gasteiger charge is 2.29. The predicted molar refractivity (Wildman–Crippen MR) is 146 cm³/mol. The second-order valence-electron chi connectivity index (χ2n) is 11.1. The minimum absolute atomic E-state index is 0.0827. The molecule has 1 aromatic heterocycles. The maximum atomic E-state index is 13.6. The molecule has 3 aromatic rings. The molecule has 1 amide bonds. The monoisotopic (exact) mass is 506 g/mol. The van der Waals surface area contributed by atoms with Gasteiger partial charge in [-0.25, -0.2) is 9.78 Å². The Morgan fingerprint density at radius 2 is 1.72 bits per heavy atom. The minimum atomic E-state index is -0.381. The van der Waals surface area contributed by atoms with Crippen LogP contribution in [0, 0.1) is 11.3 Å². The fourth-order valence-electron chi connectivity index (χ4n) is 5.15. The van der Waals surface area contributed by atoms with Crippen LogP contribution in [0.1, 0.15) is 74.7 Å². The van der Waals surface area contributed by atoms with E-state index in [1.54, 1.807) is 18.3 Å². The smallest absolute Gasteiger partial charge is 0.337 e. The zero-order valence-corrected chi connectivity index (χ0v) is 22.3. The number of ether oxygens (including phenoxy) is 1. The lowest BCUT2D eigenvalue weighted by Gasteiger charge is -2.34. The van der Waals surface area contributed by atoms with Gasteiger partial charge in [-0.1, -0.05) is 44.5 Å². The van der Waals surface area contributed by atoms with E-state index in [1.807, 2.05) is 29.2 Å². The number of nitrogens with zero attached hydrogens (tertiary/aromatic N) is 2. The SMILES string of the molecule is COC(=O)c1ccc2c(N(C[C@H]3CC[C@H](c4ccc(Cl)cc4)CC3)C(=O)CC(C)(C)C)nccc2c1. The summed E-state index contributed by atoms with van der Waals surface area (Å²) in [5, 5.41) is 2.49. The largest absolute Gasteiger partial charge is 0.465 e. The molecule has 1 aliphatic carbocycles. The second kappa shape index (κ2) is 11.0. The first-order valence-electron chi connectivity index (χ1n) is 12.7. The maximum absolute atomic E-state index is 13.6. The van der Waals surface area contributed by atoms with Crippen molar-refractivity contribution in [1.29, 1.82) is 0 Å². The van der Waals surface area contributed by atoms with E-state index >= 15 is 0 Å². The Bertz CT molecular complexity index is 1230. The number of hydrogen-bond acceptors (Lipinski definition) is 4. The number of carbonyl (C=O) groups is 2. The van der Waals surface area contributed by atoms with Crippen LogP contribution in [-0.4, -0.2) is 30.5 Å². The number of anilines is 1. The number of pyridine rings is 1. The molecule has 1 fully saturated rings. The molecular formula is C30H35ClN2O3. The molecule has 190 valence electrons. The van der Waals surface area contributed by atoms with E-state index in [2.05, 4.69) is 37.9 Å². The molecule has 1 saturated carbocycles. The van der Waals surface area contributed by atoms with Gasteiger partial charge in [0.25, 0.3) is 0 Å². The summed E-state index contributed by atoms with van der Waals surface area (Å²) < 4.78 is 4.88. The van der Waals surface area contributed by atoms with Gasteiger partial charge in [0.1, 0.15) is 5.82 Å². The van der Waals surface area contributed by atoms with Crippen molar-refractivity contribution in [2.24, 2.45) is 11.3 Å². The molecule has 0 atom stereocenters. The van der Waals surface area contributed by atoms with Gasteiger partial charge in [-0.2, -0.15) is 0 Å². The summed E-state index contributed by atoms with van der Waals surface area (Å²) >= 11 is 6.07. The predicted octanol–water partition coefficient (Wildman–Crippen LogP) is 7.42. The summed E-state index contributed by atoms with van der Waals surface area (Å²) in [5.41, 5.74) is 1.69.